The fourth-order valence-electron chi connectivity index (χ4n) is 1.47. The number of nitrogens with zero attached hydrogens (tertiary/aromatic N) is 2. The van der Waals surface area contributed by atoms with Crippen LogP contribution >= 0.6 is 11.8 Å². The molecule has 4 heteroatoms. The van der Waals surface area contributed by atoms with E-state index >= 15 is 0 Å². The summed E-state index contributed by atoms with van der Waals surface area (Å²) in [6, 6.07) is 8.38. The lowest BCUT2D eigenvalue weighted by molar-refractivity contribution is -0.127. The Kier molecular flexibility index (Phi) is 3.29. The van der Waals surface area contributed by atoms with E-state index in [-0.39, 0.29) is 5.91 Å². The molecule has 0 fully saturated rings. The molecule has 1 aliphatic heterocycles. The van der Waals surface area contributed by atoms with Gasteiger partial charge in [0.15, 0.2) is 0 Å². The predicted molar refractivity (Wildman–Crippen MR) is 66.7 cm³/mol. The first-order valence-corrected chi connectivity index (χ1v) is 6.16. The molecule has 84 valence electrons. The monoisotopic (exact) mass is 234 g/mol. The molecule has 0 saturated heterocycles. The van der Waals surface area contributed by atoms with Gasteiger partial charge in [-0.15, -0.1) is 11.8 Å². The number of thioether (sulfide) groups is 1. The lowest BCUT2D eigenvalue weighted by atomic mass is 10.2. The summed E-state index contributed by atoms with van der Waals surface area (Å²) in [5, 5.41) is 5.60. The summed E-state index contributed by atoms with van der Waals surface area (Å²) in [6.07, 6.45) is 0.468. The molecule has 16 heavy (non-hydrogen) atoms. The fraction of sp³-hybridized carbons (Fsp3) is 0.333. The van der Waals surface area contributed by atoms with Gasteiger partial charge in [-0.25, -0.2) is 5.01 Å². The molecule has 0 N–H and O–H groups in total. The molecule has 0 bridgehead atoms. The second-order valence-electron chi connectivity index (χ2n) is 3.86. The Morgan fingerprint density at radius 1 is 1.38 bits per heavy atom. The van der Waals surface area contributed by atoms with Crippen LogP contribution in [0.5, 0.6) is 0 Å². The number of rotatable bonds is 3. The van der Waals surface area contributed by atoms with E-state index in [9.17, 15) is 4.79 Å². The maximum absolute atomic E-state index is 11.2. The smallest absolute Gasteiger partial charge is 0.248 e. The van der Waals surface area contributed by atoms with Crippen LogP contribution < -0.4 is 0 Å². The highest BCUT2D eigenvalue weighted by Gasteiger charge is 2.19. The van der Waals surface area contributed by atoms with Gasteiger partial charge >= 0.3 is 0 Å². The highest BCUT2D eigenvalue weighted by Crippen LogP contribution is 2.20. The first-order chi connectivity index (χ1) is 7.65. The largest absolute Gasteiger partial charge is 0.273 e. The molecule has 0 unspecified atom stereocenters. The molecule has 0 radical (unpaired) electrons. The maximum atomic E-state index is 11.2. The molecule has 1 aromatic rings. The van der Waals surface area contributed by atoms with Crippen molar-refractivity contribution in [2.45, 2.75) is 18.2 Å². The zero-order valence-electron chi connectivity index (χ0n) is 9.43. The summed E-state index contributed by atoms with van der Waals surface area (Å²) in [5.74, 6) is 0.874. The van der Waals surface area contributed by atoms with Crippen LogP contribution in [0.3, 0.4) is 0 Å². The van der Waals surface area contributed by atoms with Crippen molar-refractivity contribution in [1.29, 1.82) is 0 Å². The summed E-state index contributed by atoms with van der Waals surface area (Å²) < 4.78 is 0. The highest BCUT2D eigenvalue weighted by molar-refractivity contribution is 8.00. The lowest BCUT2D eigenvalue weighted by Crippen LogP contribution is -2.14. The SMILES string of the molecule is Cc1ccc(SCC2=NN(C)C(=O)C2)cc1. The van der Waals surface area contributed by atoms with Crippen LogP contribution in [0.25, 0.3) is 0 Å². The Bertz CT molecular complexity index is 425. The number of carbonyl (C=O) groups is 1. The minimum absolute atomic E-state index is 0.0829. The summed E-state index contributed by atoms with van der Waals surface area (Å²) in [6.45, 7) is 2.07. The molecule has 0 atom stereocenters. The molecule has 1 aliphatic rings. The summed E-state index contributed by atoms with van der Waals surface area (Å²) in [7, 11) is 1.70. The minimum atomic E-state index is 0.0829. The average Bonchev–Trinajstić information content (AvgIpc) is 2.58. The van der Waals surface area contributed by atoms with Gasteiger partial charge < -0.3 is 0 Å². The Morgan fingerprint density at radius 2 is 2.06 bits per heavy atom. The van der Waals surface area contributed by atoms with Gasteiger partial charge in [-0.05, 0) is 19.1 Å². The molecule has 0 aliphatic carbocycles. The third-order valence-electron chi connectivity index (χ3n) is 2.43. The number of hydrogen-bond acceptors (Lipinski definition) is 3. The molecule has 3 nitrogen and oxygen atoms in total. The quantitative estimate of drug-likeness (QED) is 0.752. The Hall–Kier alpha value is -1.29. The van der Waals surface area contributed by atoms with Crippen molar-refractivity contribution < 1.29 is 4.79 Å². The maximum Gasteiger partial charge on any atom is 0.248 e. The van der Waals surface area contributed by atoms with Crippen molar-refractivity contribution in [2.75, 3.05) is 12.8 Å². The predicted octanol–water partition coefficient (Wildman–Crippen LogP) is 2.31. The zero-order valence-corrected chi connectivity index (χ0v) is 10.3. The van der Waals surface area contributed by atoms with Crippen LogP contribution in [-0.2, 0) is 4.79 Å². The van der Waals surface area contributed by atoms with Gasteiger partial charge in [0.1, 0.15) is 0 Å². The lowest BCUT2D eigenvalue weighted by Gasteiger charge is -2.01. The molecule has 2 rings (SSSR count). The van der Waals surface area contributed by atoms with E-state index in [0.29, 0.717) is 6.42 Å². The van der Waals surface area contributed by atoms with Crippen molar-refractivity contribution in [3.05, 3.63) is 29.8 Å². The number of hydrogen-bond donors (Lipinski definition) is 0. The second-order valence-corrected chi connectivity index (χ2v) is 4.91. The first-order valence-electron chi connectivity index (χ1n) is 5.17. The van der Waals surface area contributed by atoms with Gasteiger partial charge in [0, 0.05) is 17.7 Å². The molecule has 1 heterocycles. The number of hydrazone groups is 1. The van der Waals surface area contributed by atoms with E-state index in [4.69, 9.17) is 0 Å². The minimum Gasteiger partial charge on any atom is -0.273 e. The van der Waals surface area contributed by atoms with E-state index in [0.717, 1.165) is 11.5 Å². The van der Waals surface area contributed by atoms with Gasteiger partial charge in [-0.1, -0.05) is 17.7 Å². The summed E-state index contributed by atoms with van der Waals surface area (Å²) in [4.78, 5) is 12.5. The Labute approximate surface area is 99.5 Å². The highest BCUT2D eigenvalue weighted by atomic mass is 32.2. The van der Waals surface area contributed by atoms with E-state index < -0.39 is 0 Å². The van der Waals surface area contributed by atoms with Gasteiger partial charge in [0.05, 0.1) is 12.1 Å². The van der Waals surface area contributed by atoms with E-state index in [1.54, 1.807) is 18.8 Å². The number of carbonyl (C=O) groups excluding carboxylic acids is 1. The average molecular weight is 234 g/mol. The molecule has 0 saturated carbocycles. The van der Waals surface area contributed by atoms with Crippen LogP contribution in [-0.4, -0.2) is 29.4 Å². The van der Waals surface area contributed by atoms with Gasteiger partial charge in [-0.3, -0.25) is 4.79 Å². The van der Waals surface area contributed by atoms with Crippen molar-refractivity contribution >= 4 is 23.4 Å². The second kappa shape index (κ2) is 4.70. The molecule has 0 aromatic heterocycles. The molecule has 0 spiro atoms. The van der Waals surface area contributed by atoms with E-state index in [1.807, 2.05) is 0 Å². The molecular formula is C12H14N2OS. The summed E-state index contributed by atoms with van der Waals surface area (Å²) in [5.41, 5.74) is 2.22. The van der Waals surface area contributed by atoms with Gasteiger partial charge in [0.2, 0.25) is 5.91 Å². The van der Waals surface area contributed by atoms with Crippen molar-refractivity contribution in [2.24, 2.45) is 5.10 Å². The van der Waals surface area contributed by atoms with Crippen LogP contribution in [0.15, 0.2) is 34.3 Å². The van der Waals surface area contributed by atoms with E-state index in [2.05, 4.69) is 36.3 Å². The van der Waals surface area contributed by atoms with Gasteiger partial charge in [0.25, 0.3) is 0 Å². The zero-order chi connectivity index (χ0) is 11.5. The third kappa shape index (κ3) is 2.64. The standard InChI is InChI=1S/C12H14N2OS/c1-9-3-5-11(6-4-9)16-8-10-7-12(15)14(2)13-10/h3-6H,7-8H2,1-2H3. The topological polar surface area (TPSA) is 32.7 Å². The first kappa shape index (κ1) is 11.2. The Balaban J connectivity index is 1.91. The molecule has 1 aromatic carbocycles. The van der Waals surface area contributed by atoms with Crippen molar-refractivity contribution in [3.8, 4) is 0 Å². The van der Waals surface area contributed by atoms with E-state index in [1.165, 1.54) is 15.5 Å². The summed E-state index contributed by atoms with van der Waals surface area (Å²) >= 11 is 1.72. The number of amides is 1. The van der Waals surface area contributed by atoms with Crippen molar-refractivity contribution in [3.63, 3.8) is 0 Å². The fourth-order valence-corrected chi connectivity index (χ4v) is 2.29. The van der Waals surface area contributed by atoms with Crippen LogP contribution in [0.4, 0.5) is 0 Å². The normalized spacial score (nSPS) is 15.5. The molecular weight excluding hydrogens is 220 g/mol. The Morgan fingerprint density at radius 3 is 2.62 bits per heavy atom. The number of benzene rings is 1. The van der Waals surface area contributed by atoms with Crippen LogP contribution in [0, 0.1) is 6.92 Å². The molecule has 1 amide bonds. The van der Waals surface area contributed by atoms with Crippen LogP contribution in [0.1, 0.15) is 12.0 Å². The van der Waals surface area contributed by atoms with Crippen LogP contribution in [0.2, 0.25) is 0 Å². The third-order valence-corrected chi connectivity index (χ3v) is 3.52. The van der Waals surface area contributed by atoms with Crippen molar-refractivity contribution in [1.82, 2.24) is 5.01 Å². The number of aryl methyl sites for hydroxylation is 1. The van der Waals surface area contributed by atoms with Gasteiger partial charge in [-0.2, -0.15) is 5.10 Å².